The van der Waals surface area contributed by atoms with Gasteiger partial charge in [0.2, 0.25) is 18.2 Å². The third-order valence-electron chi connectivity index (χ3n) is 4.35. The number of aromatic nitrogens is 2. The van der Waals surface area contributed by atoms with E-state index in [4.69, 9.17) is 5.73 Å². The maximum absolute atomic E-state index is 12.3. The van der Waals surface area contributed by atoms with Crippen LogP contribution in [0.25, 0.3) is 22.0 Å². The van der Waals surface area contributed by atoms with Crippen LogP contribution in [0.4, 0.5) is 11.5 Å². The first-order valence-corrected chi connectivity index (χ1v) is 8.57. The van der Waals surface area contributed by atoms with Crippen LogP contribution >= 0.6 is 0 Å². The number of hydrogen-bond acceptors (Lipinski definition) is 5. The van der Waals surface area contributed by atoms with Gasteiger partial charge in [-0.05, 0) is 36.4 Å². The van der Waals surface area contributed by atoms with Gasteiger partial charge in [-0.2, -0.15) is 5.10 Å². The fraction of sp³-hybridized carbons (Fsp3) is 0.158. The van der Waals surface area contributed by atoms with Crippen molar-refractivity contribution < 1.29 is 14.4 Å². The van der Waals surface area contributed by atoms with E-state index in [-0.39, 0.29) is 12.3 Å². The van der Waals surface area contributed by atoms with E-state index < -0.39 is 11.9 Å². The minimum Gasteiger partial charge on any atom is -0.368 e. The van der Waals surface area contributed by atoms with Gasteiger partial charge in [0, 0.05) is 5.69 Å². The van der Waals surface area contributed by atoms with E-state index in [1.54, 1.807) is 19.2 Å². The van der Waals surface area contributed by atoms with E-state index in [1.807, 2.05) is 30.3 Å². The number of H-pyrrole nitrogens is 1. The Morgan fingerprint density at radius 1 is 1.21 bits per heavy atom. The molecule has 0 radical (unpaired) electrons. The molecule has 0 bridgehead atoms. The van der Waals surface area contributed by atoms with Crippen LogP contribution in [0.1, 0.15) is 6.42 Å². The summed E-state index contributed by atoms with van der Waals surface area (Å²) in [6.45, 7) is 0. The highest BCUT2D eigenvalue weighted by molar-refractivity contribution is 6.07. The topological polar surface area (TPSA) is 142 Å². The van der Waals surface area contributed by atoms with E-state index in [9.17, 15) is 14.4 Å². The lowest BCUT2D eigenvalue weighted by Gasteiger charge is -2.12. The number of amides is 3. The zero-order valence-corrected chi connectivity index (χ0v) is 15.2. The van der Waals surface area contributed by atoms with Crippen molar-refractivity contribution in [2.24, 2.45) is 5.73 Å². The van der Waals surface area contributed by atoms with E-state index in [0.717, 1.165) is 22.0 Å². The summed E-state index contributed by atoms with van der Waals surface area (Å²) in [5, 5.41) is 15.9. The van der Waals surface area contributed by atoms with Gasteiger partial charge in [-0.25, -0.2) is 0 Å². The van der Waals surface area contributed by atoms with E-state index in [2.05, 4.69) is 26.1 Å². The highest BCUT2D eigenvalue weighted by Crippen LogP contribution is 2.33. The Hall–Kier alpha value is -3.72. The second-order valence-corrected chi connectivity index (χ2v) is 6.14. The minimum atomic E-state index is -0.762. The molecule has 1 unspecified atom stereocenters. The van der Waals surface area contributed by atoms with Crippen LogP contribution in [0.3, 0.4) is 0 Å². The molecule has 0 saturated heterocycles. The number of nitrogens with zero attached hydrogens (tertiary/aromatic N) is 1. The van der Waals surface area contributed by atoms with Gasteiger partial charge < -0.3 is 21.7 Å². The molecule has 0 aliphatic carbocycles. The normalized spacial score (nSPS) is 11.8. The standard InChI is InChI=1S/C19H20N6O3/c1-21-15(18(20)28)9-16(27)23-19-17-13(3-2-4-14(17)24-25-19)11-5-7-12(8-6-11)22-10-26/h2-8,10,15,21H,9H2,1H3,(H2,20,28)(H,22,26)(H2,23,24,25,27). The molecular formula is C19H20N6O3. The number of nitrogens with two attached hydrogens (primary N) is 1. The largest absolute Gasteiger partial charge is 0.368 e. The molecule has 3 aromatic rings. The monoisotopic (exact) mass is 380 g/mol. The molecule has 6 N–H and O–H groups in total. The summed E-state index contributed by atoms with van der Waals surface area (Å²) < 4.78 is 0. The molecule has 0 spiro atoms. The Labute approximate surface area is 160 Å². The number of benzene rings is 2. The highest BCUT2D eigenvalue weighted by atomic mass is 16.2. The number of anilines is 2. The molecule has 0 saturated carbocycles. The molecule has 0 fully saturated rings. The number of rotatable bonds is 8. The molecule has 1 aromatic heterocycles. The summed E-state index contributed by atoms with van der Waals surface area (Å²) in [4.78, 5) is 34.2. The van der Waals surface area contributed by atoms with Gasteiger partial charge in [-0.3, -0.25) is 19.5 Å². The molecular weight excluding hydrogens is 360 g/mol. The number of nitrogens with one attached hydrogen (secondary N) is 4. The first-order chi connectivity index (χ1) is 13.5. The molecule has 0 aliphatic heterocycles. The molecule has 2 aromatic carbocycles. The van der Waals surface area contributed by atoms with Gasteiger partial charge in [-0.1, -0.05) is 24.3 Å². The molecule has 0 aliphatic rings. The van der Waals surface area contributed by atoms with Gasteiger partial charge >= 0.3 is 0 Å². The van der Waals surface area contributed by atoms with Crippen LogP contribution in [-0.2, 0) is 14.4 Å². The molecule has 9 nitrogen and oxygen atoms in total. The van der Waals surface area contributed by atoms with Gasteiger partial charge in [0.25, 0.3) is 0 Å². The summed E-state index contributed by atoms with van der Waals surface area (Å²) in [6.07, 6.45) is 0.512. The van der Waals surface area contributed by atoms with E-state index >= 15 is 0 Å². The predicted octanol–water partition coefficient (Wildman–Crippen LogP) is 1.20. The van der Waals surface area contributed by atoms with Gasteiger partial charge in [-0.15, -0.1) is 0 Å². The Morgan fingerprint density at radius 3 is 2.61 bits per heavy atom. The average Bonchev–Trinajstić information content (AvgIpc) is 3.10. The van der Waals surface area contributed by atoms with Crippen molar-refractivity contribution in [2.45, 2.75) is 12.5 Å². The number of carbonyl (C=O) groups excluding carboxylic acids is 3. The van der Waals surface area contributed by atoms with E-state index in [1.165, 1.54) is 0 Å². The summed E-state index contributed by atoms with van der Waals surface area (Å²) in [5.74, 6) is -0.619. The van der Waals surface area contributed by atoms with Crippen molar-refractivity contribution in [3.05, 3.63) is 42.5 Å². The number of aromatic amines is 1. The number of primary amides is 1. The lowest BCUT2D eigenvalue weighted by Crippen LogP contribution is -2.41. The molecule has 144 valence electrons. The molecule has 3 rings (SSSR count). The molecule has 3 amide bonds. The fourth-order valence-electron chi connectivity index (χ4n) is 2.93. The van der Waals surface area contributed by atoms with Crippen LogP contribution in [0.5, 0.6) is 0 Å². The summed E-state index contributed by atoms with van der Waals surface area (Å²) >= 11 is 0. The van der Waals surface area contributed by atoms with Crippen molar-refractivity contribution in [3.63, 3.8) is 0 Å². The number of hydrogen-bond donors (Lipinski definition) is 5. The van der Waals surface area contributed by atoms with Crippen molar-refractivity contribution in [1.82, 2.24) is 15.5 Å². The predicted molar refractivity (Wildman–Crippen MR) is 107 cm³/mol. The Morgan fingerprint density at radius 2 is 1.96 bits per heavy atom. The molecule has 9 heteroatoms. The summed E-state index contributed by atoms with van der Waals surface area (Å²) in [5.41, 5.74) is 8.45. The molecule has 1 heterocycles. The second-order valence-electron chi connectivity index (χ2n) is 6.14. The maximum atomic E-state index is 12.3. The third-order valence-corrected chi connectivity index (χ3v) is 4.35. The van der Waals surface area contributed by atoms with Crippen molar-refractivity contribution in [2.75, 3.05) is 17.7 Å². The van der Waals surface area contributed by atoms with Crippen LogP contribution in [0, 0.1) is 0 Å². The van der Waals surface area contributed by atoms with E-state index in [0.29, 0.717) is 17.9 Å². The smallest absolute Gasteiger partial charge is 0.235 e. The quantitative estimate of drug-likeness (QED) is 0.373. The fourth-order valence-corrected chi connectivity index (χ4v) is 2.93. The average molecular weight is 380 g/mol. The third kappa shape index (κ3) is 3.99. The number of fused-ring (bicyclic) bond motifs is 1. The zero-order valence-electron chi connectivity index (χ0n) is 15.2. The minimum absolute atomic E-state index is 0.103. The van der Waals surface area contributed by atoms with Crippen molar-refractivity contribution in [3.8, 4) is 11.1 Å². The van der Waals surface area contributed by atoms with Crippen LogP contribution < -0.4 is 21.7 Å². The Balaban J connectivity index is 1.92. The lowest BCUT2D eigenvalue weighted by atomic mass is 10.0. The van der Waals surface area contributed by atoms with Gasteiger partial charge in [0.15, 0.2) is 5.82 Å². The lowest BCUT2D eigenvalue weighted by molar-refractivity contribution is -0.124. The van der Waals surface area contributed by atoms with Crippen LogP contribution in [0.2, 0.25) is 0 Å². The Kier molecular flexibility index (Phi) is 5.66. The number of likely N-dealkylation sites (N-methyl/N-ethyl adjacent to an activating group) is 1. The molecule has 1 atom stereocenters. The summed E-state index contributed by atoms with van der Waals surface area (Å²) in [6, 6.07) is 12.2. The van der Waals surface area contributed by atoms with Crippen LogP contribution in [0.15, 0.2) is 42.5 Å². The van der Waals surface area contributed by atoms with Gasteiger partial charge in [0.1, 0.15) is 0 Å². The number of carbonyl (C=O) groups is 3. The maximum Gasteiger partial charge on any atom is 0.235 e. The zero-order chi connectivity index (χ0) is 20.1. The van der Waals surface area contributed by atoms with Crippen molar-refractivity contribution >= 4 is 40.6 Å². The first-order valence-electron chi connectivity index (χ1n) is 8.57. The SMILES string of the molecule is CNC(CC(=O)Nc1n[nH]c2cccc(-c3ccc(NC=O)cc3)c12)C(N)=O. The summed E-state index contributed by atoms with van der Waals surface area (Å²) in [7, 11) is 1.56. The van der Waals surface area contributed by atoms with Crippen LogP contribution in [-0.4, -0.2) is 41.5 Å². The molecule has 28 heavy (non-hydrogen) atoms. The van der Waals surface area contributed by atoms with Gasteiger partial charge in [0.05, 0.1) is 23.4 Å². The highest BCUT2D eigenvalue weighted by Gasteiger charge is 2.19. The first kappa shape index (κ1) is 19.1. The Bertz CT molecular complexity index is 1010. The van der Waals surface area contributed by atoms with Crippen molar-refractivity contribution in [1.29, 1.82) is 0 Å². The second kappa shape index (κ2) is 8.31.